The first kappa shape index (κ1) is 15.4. The smallest absolute Gasteiger partial charge is 0.186 e. The van der Waals surface area contributed by atoms with Crippen LogP contribution >= 0.6 is 11.3 Å². The van der Waals surface area contributed by atoms with Crippen molar-refractivity contribution in [3.63, 3.8) is 0 Å². The molecule has 3 heterocycles. The predicted molar refractivity (Wildman–Crippen MR) is 96.5 cm³/mol. The van der Waals surface area contributed by atoms with E-state index in [1.54, 1.807) is 11.3 Å². The van der Waals surface area contributed by atoms with Crippen LogP contribution in [0.4, 0.5) is 5.13 Å². The second kappa shape index (κ2) is 6.75. The van der Waals surface area contributed by atoms with Crippen LogP contribution in [0.2, 0.25) is 0 Å². The Labute approximate surface area is 145 Å². The lowest BCUT2D eigenvalue weighted by Crippen LogP contribution is -2.44. The van der Waals surface area contributed by atoms with Gasteiger partial charge in [-0.05, 0) is 12.5 Å². The van der Waals surface area contributed by atoms with Crippen LogP contribution in [0.15, 0.2) is 48.1 Å². The van der Waals surface area contributed by atoms with Gasteiger partial charge in [-0.15, -0.1) is 11.3 Å². The molecule has 1 atom stereocenters. The molecule has 5 nitrogen and oxygen atoms in total. The highest BCUT2D eigenvalue weighted by Crippen LogP contribution is 2.28. The third-order valence-electron chi connectivity index (χ3n) is 4.12. The monoisotopic (exact) mass is 340 g/mol. The summed E-state index contributed by atoms with van der Waals surface area (Å²) in [6.07, 6.45) is 4.08. The number of benzene rings is 1. The highest BCUT2D eigenvalue weighted by atomic mass is 32.1. The molecule has 1 aromatic carbocycles. The molecule has 1 unspecified atom stereocenters. The summed E-state index contributed by atoms with van der Waals surface area (Å²) < 4.78 is 7.87. The molecule has 3 aromatic rings. The predicted octanol–water partition coefficient (Wildman–Crippen LogP) is 3.22. The average molecular weight is 340 g/mol. The molecule has 4 rings (SSSR count). The Bertz CT molecular complexity index is 798. The van der Waals surface area contributed by atoms with Gasteiger partial charge in [0, 0.05) is 30.2 Å². The lowest BCUT2D eigenvalue weighted by atomic mass is 10.2. The molecule has 24 heavy (non-hydrogen) atoms. The van der Waals surface area contributed by atoms with E-state index >= 15 is 0 Å². The number of rotatable bonds is 4. The Morgan fingerprint density at radius 1 is 1.29 bits per heavy atom. The molecule has 6 heteroatoms. The lowest BCUT2D eigenvalue weighted by Gasteiger charge is -2.32. The molecular formula is C18H20N4OS. The number of ether oxygens (including phenoxy) is 1. The van der Waals surface area contributed by atoms with Crippen molar-refractivity contribution in [1.29, 1.82) is 0 Å². The molecule has 1 fully saturated rings. The number of thiazole rings is 1. The minimum absolute atomic E-state index is 0.141. The van der Waals surface area contributed by atoms with Gasteiger partial charge in [0.1, 0.15) is 0 Å². The molecule has 1 saturated heterocycles. The molecule has 0 bridgehead atoms. The zero-order valence-electron chi connectivity index (χ0n) is 13.6. The van der Waals surface area contributed by atoms with Crippen LogP contribution in [0.3, 0.4) is 0 Å². The van der Waals surface area contributed by atoms with Crippen molar-refractivity contribution in [2.45, 2.75) is 19.6 Å². The molecule has 0 saturated carbocycles. The van der Waals surface area contributed by atoms with Gasteiger partial charge >= 0.3 is 0 Å². The zero-order chi connectivity index (χ0) is 16.4. The number of nitrogens with zero attached hydrogens (tertiary/aromatic N) is 4. The fourth-order valence-corrected chi connectivity index (χ4v) is 3.80. The highest BCUT2D eigenvalue weighted by Gasteiger charge is 2.23. The summed E-state index contributed by atoms with van der Waals surface area (Å²) >= 11 is 1.70. The Morgan fingerprint density at radius 2 is 2.17 bits per heavy atom. The number of aromatic nitrogens is 3. The van der Waals surface area contributed by atoms with Crippen molar-refractivity contribution in [2.75, 3.05) is 24.6 Å². The number of morpholine rings is 1. The molecule has 1 aliphatic rings. The van der Waals surface area contributed by atoms with Crippen LogP contribution < -0.4 is 4.90 Å². The van der Waals surface area contributed by atoms with Crippen LogP contribution in [-0.4, -0.2) is 40.6 Å². The van der Waals surface area contributed by atoms with Gasteiger partial charge in [0.25, 0.3) is 0 Å². The van der Waals surface area contributed by atoms with E-state index in [2.05, 4.69) is 40.6 Å². The maximum atomic E-state index is 5.91. The summed E-state index contributed by atoms with van der Waals surface area (Å²) in [5.74, 6) is 0. The van der Waals surface area contributed by atoms with E-state index in [1.165, 1.54) is 5.56 Å². The van der Waals surface area contributed by atoms with E-state index < -0.39 is 0 Å². The number of anilines is 1. The van der Waals surface area contributed by atoms with Crippen molar-refractivity contribution < 1.29 is 4.74 Å². The van der Waals surface area contributed by atoms with E-state index in [0.717, 1.165) is 42.6 Å². The van der Waals surface area contributed by atoms with Crippen LogP contribution in [0.5, 0.6) is 0 Å². The van der Waals surface area contributed by atoms with E-state index in [0.29, 0.717) is 0 Å². The molecular weight excluding hydrogens is 320 g/mol. The normalized spacial score (nSPS) is 18.0. The first-order valence-electron chi connectivity index (χ1n) is 8.14. The molecule has 0 N–H and O–H groups in total. The number of hydrogen-bond acceptors (Lipinski definition) is 5. The number of aryl methyl sites for hydroxylation is 1. The quantitative estimate of drug-likeness (QED) is 0.731. The molecule has 0 spiro atoms. The van der Waals surface area contributed by atoms with E-state index in [1.807, 2.05) is 29.1 Å². The molecule has 0 radical (unpaired) electrons. The van der Waals surface area contributed by atoms with Gasteiger partial charge < -0.3 is 9.64 Å². The summed E-state index contributed by atoms with van der Waals surface area (Å²) in [7, 11) is 0. The van der Waals surface area contributed by atoms with E-state index in [4.69, 9.17) is 9.72 Å². The highest BCUT2D eigenvalue weighted by molar-refractivity contribution is 7.14. The van der Waals surface area contributed by atoms with Crippen molar-refractivity contribution in [2.24, 2.45) is 0 Å². The van der Waals surface area contributed by atoms with Gasteiger partial charge in [-0.1, -0.05) is 30.3 Å². The molecule has 124 valence electrons. The SMILES string of the molecule is Cc1cnn(CC2CN(c3nc(-c4ccccc4)cs3)CCO2)c1. The minimum atomic E-state index is 0.141. The second-order valence-electron chi connectivity index (χ2n) is 6.06. The van der Waals surface area contributed by atoms with Crippen molar-refractivity contribution in [3.05, 3.63) is 53.7 Å². The molecule has 1 aliphatic heterocycles. The fraction of sp³-hybridized carbons (Fsp3) is 0.333. The standard InChI is InChI=1S/C18H20N4OS/c1-14-9-19-22(10-14)12-16-11-21(7-8-23-16)18-20-17(13-24-18)15-5-3-2-4-6-15/h2-6,9-10,13,16H,7-8,11-12H2,1H3. The summed E-state index contributed by atoms with van der Waals surface area (Å²) in [6.45, 7) is 5.29. The maximum Gasteiger partial charge on any atom is 0.186 e. The van der Waals surface area contributed by atoms with E-state index in [-0.39, 0.29) is 6.10 Å². The lowest BCUT2D eigenvalue weighted by molar-refractivity contribution is 0.0274. The van der Waals surface area contributed by atoms with E-state index in [9.17, 15) is 0 Å². The Morgan fingerprint density at radius 3 is 2.96 bits per heavy atom. The first-order valence-corrected chi connectivity index (χ1v) is 9.02. The Kier molecular flexibility index (Phi) is 4.32. The van der Waals surface area contributed by atoms with Gasteiger partial charge in [0.2, 0.25) is 0 Å². The second-order valence-corrected chi connectivity index (χ2v) is 6.90. The Balaban J connectivity index is 1.45. The van der Waals surface area contributed by atoms with Crippen molar-refractivity contribution in [3.8, 4) is 11.3 Å². The van der Waals surface area contributed by atoms with Crippen LogP contribution in [0, 0.1) is 6.92 Å². The summed E-state index contributed by atoms with van der Waals surface area (Å²) in [5, 5.41) is 7.56. The summed E-state index contributed by atoms with van der Waals surface area (Å²) in [5.41, 5.74) is 3.38. The Hall–Kier alpha value is -2.18. The molecule has 2 aromatic heterocycles. The van der Waals surface area contributed by atoms with Gasteiger partial charge in [0.15, 0.2) is 5.13 Å². The number of hydrogen-bond donors (Lipinski definition) is 0. The third kappa shape index (κ3) is 3.34. The largest absolute Gasteiger partial charge is 0.373 e. The maximum absolute atomic E-state index is 5.91. The van der Waals surface area contributed by atoms with Gasteiger partial charge in [0.05, 0.1) is 31.1 Å². The third-order valence-corrected chi connectivity index (χ3v) is 5.03. The van der Waals surface area contributed by atoms with Crippen molar-refractivity contribution in [1.82, 2.24) is 14.8 Å². The van der Waals surface area contributed by atoms with Gasteiger partial charge in [-0.25, -0.2) is 4.98 Å². The average Bonchev–Trinajstić information content (AvgIpc) is 3.25. The van der Waals surface area contributed by atoms with Crippen LogP contribution in [0.25, 0.3) is 11.3 Å². The molecule has 0 amide bonds. The van der Waals surface area contributed by atoms with Crippen LogP contribution in [-0.2, 0) is 11.3 Å². The fourth-order valence-electron chi connectivity index (χ4n) is 2.93. The first-order chi connectivity index (χ1) is 11.8. The summed E-state index contributed by atoms with van der Waals surface area (Å²) in [6, 6.07) is 10.3. The van der Waals surface area contributed by atoms with Gasteiger partial charge in [-0.2, -0.15) is 5.10 Å². The topological polar surface area (TPSA) is 43.2 Å². The van der Waals surface area contributed by atoms with Gasteiger partial charge in [-0.3, -0.25) is 4.68 Å². The minimum Gasteiger partial charge on any atom is -0.373 e. The van der Waals surface area contributed by atoms with Crippen LogP contribution in [0.1, 0.15) is 5.56 Å². The van der Waals surface area contributed by atoms with Crippen molar-refractivity contribution >= 4 is 16.5 Å². The zero-order valence-corrected chi connectivity index (χ0v) is 14.4. The molecule has 0 aliphatic carbocycles. The summed E-state index contributed by atoms with van der Waals surface area (Å²) in [4.78, 5) is 7.14.